The maximum Gasteiger partial charge on any atom is 0.240 e. The van der Waals surface area contributed by atoms with Gasteiger partial charge in [0, 0.05) is 25.2 Å². The van der Waals surface area contributed by atoms with Crippen molar-refractivity contribution in [2.45, 2.75) is 4.90 Å². The molecule has 0 spiro atoms. The molecule has 0 atom stereocenters. The summed E-state index contributed by atoms with van der Waals surface area (Å²) in [5.41, 5.74) is 5.58. The summed E-state index contributed by atoms with van der Waals surface area (Å²) in [7, 11) is -2.00. The first-order valence-electron chi connectivity index (χ1n) is 6.23. The summed E-state index contributed by atoms with van der Waals surface area (Å²) in [4.78, 5) is 4.10. The molecule has 0 fully saturated rings. The Morgan fingerprint density at radius 1 is 1.41 bits per heavy atom. The van der Waals surface area contributed by atoms with Crippen molar-refractivity contribution in [1.82, 2.24) is 10.0 Å². The molecule has 10 heteroatoms. The fourth-order valence-corrected chi connectivity index (χ4v) is 2.73. The van der Waals surface area contributed by atoms with Crippen LogP contribution < -0.4 is 15.8 Å². The third kappa shape index (κ3) is 8.13. The molecule has 0 saturated heterocycles. The van der Waals surface area contributed by atoms with Crippen molar-refractivity contribution in [2.75, 3.05) is 33.4 Å². The van der Waals surface area contributed by atoms with Gasteiger partial charge in [0.2, 0.25) is 10.0 Å². The topological polar surface area (TPSA) is 106 Å². The van der Waals surface area contributed by atoms with E-state index in [1.54, 1.807) is 19.2 Å². The number of rotatable bonds is 8. The van der Waals surface area contributed by atoms with E-state index in [4.69, 9.17) is 22.1 Å². The van der Waals surface area contributed by atoms with Crippen LogP contribution in [0.4, 0.5) is 0 Å². The number of sulfonamides is 1. The second kappa shape index (κ2) is 11.0. The lowest BCUT2D eigenvalue weighted by Crippen LogP contribution is -2.35. The van der Waals surface area contributed by atoms with Crippen molar-refractivity contribution in [1.29, 1.82) is 0 Å². The molecule has 0 unspecified atom stereocenters. The normalized spacial score (nSPS) is 11.8. The number of nitrogens with zero attached hydrogens (tertiary/aromatic N) is 1. The number of hydrogen-bond donors (Lipinski definition) is 3. The number of benzene rings is 1. The third-order valence-electron chi connectivity index (χ3n) is 2.40. The summed E-state index contributed by atoms with van der Waals surface area (Å²) < 4.78 is 31.2. The Bertz CT molecular complexity index is 583. The molecule has 0 radical (unpaired) electrons. The van der Waals surface area contributed by atoms with Crippen LogP contribution in [0.2, 0.25) is 5.02 Å². The highest BCUT2D eigenvalue weighted by atomic mass is 127. The molecule has 0 bridgehead atoms. The molecule has 1 rings (SSSR count). The summed E-state index contributed by atoms with van der Waals surface area (Å²) in [6, 6.07) is 6.04. The maximum absolute atomic E-state index is 12.0. The predicted octanol–water partition coefficient (Wildman–Crippen LogP) is 0.787. The molecule has 1 aromatic carbocycles. The fourth-order valence-electron chi connectivity index (χ4n) is 1.41. The van der Waals surface area contributed by atoms with Crippen LogP contribution in [-0.2, 0) is 14.8 Å². The van der Waals surface area contributed by atoms with Gasteiger partial charge in [-0.25, -0.2) is 13.1 Å². The number of aliphatic imine (C=N–C) groups is 1. The predicted molar refractivity (Wildman–Crippen MR) is 98.4 cm³/mol. The van der Waals surface area contributed by atoms with E-state index in [2.05, 4.69) is 15.0 Å². The molecule has 0 aromatic heterocycles. The first-order chi connectivity index (χ1) is 9.95. The van der Waals surface area contributed by atoms with Gasteiger partial charge in [0.05, 0.1) is 18.0 Å². The van der Waals surface area contributed by atoms with Gasteiger partial charge in [0.25, 0.3) is 0 Å². The van der Waals surface area contributed by atoms with E-state index in [9.17, 15) is 8.42 Å². The number of nitrogens with one attached hydrogen (secondary N) is 2. The fraction of sp³-hybridized carbons (Fsp3) is 0.417. The van der Waals surface area contributed by atoms with Crippen LogP contribution in [0.15, 0.2) is 34.2 Å². The average Bonchev–Trinajstić information content (AvgIpc) is 2.44. The van der Waals surface area contributed by atoms with Gasteiger partial charge in [-0.2, -0.15) is 0 Å². The van der Waals surface area contributed by atoms with E-state index in [1.165, 1.54) is 12.1 Å². The van der Waals surface area contributed by atoms with Crippen LogP contribution >= 0.6 is 35.6 Å². The minimum atomic E-state index is -3.59. The Morgan fingerprint density at radius 2 is 2.14 bits per heavy atom. The molecule has 126 valence electrons. The van der Waals surface area contributed by atoms with Gasteiger partial charge < -0.3 is 15.8 Å². The lowest BCUT2D eigenvalue weighted by atomic mass is 10.4. The van der Waals surface area contributed by atoms with E-state index in [0.29, 0.717) is 18.2 Å². The Balaban J connectivity index is 0.00000441. The molecule has 0 heterocycles. The lowest BCUT2D eigenvalue weighted by molar-refractivity contribution is 0.204. The summed E-state index contributed by atoms with van der Waals surface area (Å²) >= 11 is 5.77. The second-order valence-electron chi connectivity index (χ2n) is 4.04. The van der Waals surface area contributed by atoms with Crippen molar-refractivity contribution < 1.29 is 13.2 Å². The molecule has 0 aliphatic heterocycles. The number of guanidine groups is 1. The smallest absolute Gasteiger partial charge is 0.240 e. The van der Waals surface area contributed by atoms with Crippen LogP contribution in [0.25, 0.3) is 0 Å². The zero-order valence-electron chi connectivity index (χ0n) is 12.1. The van der Waals surface area contributed by atoms with Crippen molar-refractivity contribution in [2.24, 2.45) is 10.7 Å². The Morgan fingerprint density at radius 3 is 2.77 bits per heavy atom. The summed E-state index contributed by atoms with van der Waals surface area (Å²) in [5.74, 6) is 0.244. The van der Waals surface area contributed by atoms with E-state index < -0.39 is 10.0 Å². The molecule has 0 aliphatic carbocycles. The van der Waals surface area contributed by atoms with Gasteiger partial charge in [-0.3, -0.25) is 4.99 Å². The second-order valence-corrected chi connectivity index (χ2v) is 6.25. The Hall–Kier alpha value is -0.620. The minimum absolute atomic E-state index is 0. The van der Waals surface area contributed by atoms with Crippen LogP contribution in [0.3, 0.4) is 0 Å². The van der Waals surface area contributed by atoms with Crippen molar-refractivity contribution in [3.8, 4) is 0 Å². The maximum atomic E-state index is 12.0. The number of halogens is 2. The van der Waals surface area contributed by atoms with E-state index in [-0.39, 0.29) is 47.9 Å². The minimum Gasteiger partial charge on any atom is -0.383 e. The highest BCUT2D eigenvalue weighted by Gasteiger charge is 2.12. The van der Waals surface area contributed by atoms with E-state index in [1.807, 2.05) is 0 Å². The molecule has 1 aromatic rings. The van der Waals surface area contributed by atoms with Crippen LogP contribution in [0, 0.1) is 0 Å². The van der Waals surface area contributed by atoms with Gasteiger partial charge in [-0.05, 0) is 18.2 Å². The molecular formula is C12H20ClIN4O3S. The summed E-state index contributed by atoms with van der Waals surface area (Å²) in [6.45, 7) is 1.42. The average molecular weight is 463 g/mol. The molecule has 7 nitrogen and oxygen atoms in total. The van der Waals surface area contributed by atoms with Crippen molar-refractivity contribution in [3.63, 3.8) is 0 Å². The first kappa shape index (κ1) is 21.4. The molecule has 0 aliphatic rings. The Kier molecular flexibility index (Phi) is 10.7. The van der Waals surface area contributed by atoms with Gasteiger partial charge in [0.1, 0.15) is 0 Å². The lowest BCUT2D eigenvalue weighted by Gasteiger charge is -2.07. The summed E-state index contributed by atoms with van der Waals surface area (Å²) in [5, 5.41) is 3.19. The monoisotopic (exact) mass is 462 g/mol. The molecule has 4 N–H and O–H groups in total. The Labute approximate surface area is 152 Å². The van der Waals surface area contributed by atoms with Crippen LogP contribution in [-0.4, -0.2) is 47.7 Å². The van der Waals surface area contributed by atoms with Crippen molar-refractivity contribution in [3.05, 3.63) is 29.3 Å². The molecule has 22 heavy (non-hydrogen) atoms. The number of nitrogens with two attached hydrogens (primary N) is 1. The first-order valence-corrected chi connectivity index (χ1v) is 8.10. The molecule has 0 amide bonds. The van der Waals surface area contributed by atoms with Gasteiger partial charge in [0.15, 0.2) is 5.96 Å². The standard InChI is InChI=1S/C12H19ClN4O3S.HI/c1-20-8-7-16-12(14)15-5-6-17-21(18,19)11-4-2-3-10(13)9-11;/h2-4,9,17H,5-8H2,1H3,(H3,14,15,16);1H. The SMILES string of the molecule is COCCNC(N)=NCCNS(=O)(=O)c1cccc(Cl)c1.I. The largest absolute Gasteiger partial charge is 0.383 e. The number of methoxy groups -OCH3 is 1. The zero-order chi connectivity index (χ0) is 15.7. The van der Waals surface area contributed by atoms with Gasteiger partial charge in [-0.1, -0.05) is 17.7 Å². The quantitative estimate of drug-likeness (QED) is 0.229. The summed E-state index contributed by atoms with van der Waals surface area (Å²) in [6.07, 6.45) is 0. The van der Waals surface area contributed by atoms with Gasteiger partial charge >= 0.3 is 0 Å². The highest BCUT2D eigenvalue weighted by Crippen LogP contribution is 2.14. The molecular weight excluding hydrogens is 443 g/mol. The highest BCUT2D eigenvalue weighted by molar-refractivity contribution is 14.0. The van der Waals surface area contributed by atoms with Gasteiger partial charge in [-0.15, -0.1) is 24.0 Å². The third-order valence-corrected chi connectivity index (χ3v) is 4.10. The zero-order valence-corrected chi connectivity index (χ0v) is 16.0. The molecule has 0 saturated carbocycles. The number of hydrogen-bond acceptors (Lipinski definition) is 4. The van der Waals surface area contributed by atoms with E-state index in [0.717, 1.165) is 0 Å². The number of ether oxygens (including phenoxy) is 1. The van der Waals surface area contributed by atoms with Crippen LogP contribution in [0.5, 0.6) is 0 Å². The van der Waals surface area contributed by atoms with E-state index >= 15 is 0 Å². The van der Waals surface area contributed by atoms with Crippen LogP contribution in [0.1, 0.15) is 0 Å². The van der Waals surface area contributed by atoms with Crippen molar-refractivity contribution >= 4 is 51.6 Å².